The van der Waals surface area contributed by atoms with Gasteiger partial charge in [0.15, 0.2) is 0 Å². The number of aliphatic hydroxyl groups is 1. The van der Waals surface area contributed by atoms with Gasteiger partial charge < -0.3 is 19.8 Å². The molecule has 1 atom stereocenters. The topological polar surface area (TPSA) is 52.9 Å². The van der Waals surface area contributed by atoms with Gasteiger partial charge in [0.2, 0.25) is 0 Å². The monoisotopic (exact) mass is 283 g/mol. The number of phenols is 1. The van der Waals surface area contributed by atoms with Crippen LogP contribution in [0.3, 0.4) is 0 Å². The van der Waals surface area contributed by atoms with E-state index < -0.39 is 5.79 Å². The SMILES string of the molecule is CN(C)c1ccc(C2(O)C=Cc3ccc(O)cc3O2)cc1. The molecule has 4 nitrogen and oxygen atoms in total. The molecule has 0 fully saturated rings. The Hall–Kier alpha value is -2.46. The van der Waals surface area contributed by atoms with Crippen molar-refractivity contribution >= 4 is 11.8 Å². The fourth-order valence-corrected chi connectivity index (χ4v) is 2.31. The Labute approximate surface area is 123 Å². The summed E-state index contributed by atoms with van der Waals surface area (Å²) in [5.41, 5.74) is 2.50. The van der Waals surface area contributed by atoms with Crippen molar-refractivity contribution in [2.24, 2.45) is 0 Å². The minimum Gasteiger partial charge on any atom is -0.508 e. The van der Waals surface area contributed by atoms with E-state index in [9.17, 15) is 10.2 Å². The second kappa shape index (κ2) is 4.82. The molecule has 1 unspecified atom stereocenters. The molecule has 0 aromatic heterocycles. The van der Waals surface area contributed by atoms with Gasteiger partial charge in [-0.1, -0.05) is 12.1 Å². The molecule has 4 heteroatoms. The van der Waals surface area contributed by atoms with Gasteiger partial charge in [-0.05, 0) is 36.4 Å². The summed E-state index contributed by atoms with van der Waals surface area (Å²) in [6.45, 7) is 0. The molecule has 1 aliphatic heterocycles. The zero-order valence-electron chi connectivity index (χ0n) is 11.9. The maximum Gasteiger partial charge on any atom is 0.255 e. The van der Waals surface area contributed by atoms with E-state index >= 15 is 0 Å². The van der Waals surface area contributed by atoms with Crippen LogP contribution in [0.1, 0.15) is 11.1 Å². The third-order valence-corrected chi connectivity index (χ3v) is 3.55. The minimum absolute atomic E-state index is 0.106. The number of nitrogens with zero attached hydrogens (tertiary/aromatic N) is 1. The van der Waals surface area contributed by atoms with Crippen LogP contribution >= 0.6 is 0 Å². The highest BCUT2D eigenvalue weighted by Gasteiger charge is 2.32. The molecule has 0 saturated heterocycles. The third kappa shape index (κ3) is 2.45. The molecule has 0 spiro atoms. The average Bonchev–Trinajstić information content (AvgIpc) is 2.47. The normalized spacial score (nSPS) is 19.8. The second-order valence-corrected chi connectivity index (χ2v) is 5.30. The van der Waals surface area contributed by atoms with Gasteiger partial charge in [-0.2, -0.15) is 0 Å². The number of ether oxygens (including phenoxy) is 1. The Kier molecular flexibility index (Phi) is 3.11. The standard InChI is InChI=1S/C17H17NO3/c1-18(2)14-6-4-13(5-7-14)17(20)10-9-12-3-8-15(19)11-16(12)21-17/h3-11,19-20H,1-2H3. The first-order valence-electron chi connectivity index (χ1n) is 6.69. The maximum absolute atomic E-state index is 10.7. The highest BCUT2D eigenvalue weighted by atomic mass is 16.6. The van der Waals surface area contributed by atoms with Crippen LogP contribution in [0.15, 0.2) is 48.5 Å². The van der Waals surface area contributed by atoms with Crippen molar-refractivity contribution in [3.05, 3.63) is 59.7 Å². The molecule has 0 saturated carbocycles. The zero-order valence-corrected chi connectivity index (χ0v) is 11.9. The number of phenolic OH excluding ortho intramolecular Hbond substituents is 1. The Balaban J connectivity index is 1.95. The van der Waals surface area contributed by atoms with Crippen molar-refractivity contribution in [1.82, 2.24) is 0 Å². The van der Waals surface area contributed by atoms with Crippen LogP contribution in [0.25, 0.3) is 6.08 Å². The number of aromatic hydroxyl groups is 1. The summed E-state index contributed by atoms with van der Waals surface area (Å²) < 4.78 is 5.68. The second-order valence-electron chi connectivity index (χ2n) is 5.30. The molecule has 0 amide bonds. The van der Waals surface area contributed by atoms with Gasteiger partial charge in [0.1, 0.15) is 11.5 Å². The molecule has 2 aromatic rings. The van der Waals surface area contributed by atoms with Crippen LogP contribution < -0.4 is 9.64 Å². The Bertz CT molecular complexity index is 692. The molecule has 3 rings (SSSR count). The van der Waals surface area contributed by atoms with Crippen LogP contribution in [-0.4, -0.2) is 24.3 Å². The molecule has 108 valence electrons. The lowest BCUT2D eigenvalue weighted by Gasteiger charge is -2.30. The third-order valence-electron chi connectivity index (χ3n) is 3.55. The lowest BCUT2D eigenvalue weighted by molar-refractivity contribution is -0.103. The average molecular weight is 283 g/mol. The largest absolute Gasteiger partial charge is 0.508 e. The van der Waals surface area contributed by atoms with Gasteiger partial charge in [-0.3, -0.25) is 0 Å². The molecule has 1 heterocycles. The van der Waals surface area contributed by atoms with Crippen LogP contribution in [0.4, 0.5) is 5.69 Å². The van der Waals surface area contributed by atoms with Gasteiger partial charge >= 0.3 is 0 Å². The van der Waals surface area contributed by atoms with E-state index in [1.807, 2.05) is 43.3 Å². The number of benzene rings is 2. The highest BCUT2D eigenvalue weighted by molar-refractivity contribution is 5.63. The van der Waals surface area contributed by atoms with Crippen LogP contribution in [0.5, 0.6) is 11.5 Å². The Morgan fingerprint density at radius 2 is 1.76 bits per heavy atom. The summed E-state index contributed by atoms with van der Waals surface area (Å²) in [7, 11) is 3.92. The number of fused-ring (bicyclic) bond motifs is 1. The first-order valence-corrected chi connectivity index (χ1v) is 6.69. The summed E-state index contributed by atoms with van der Waals surface area (Å²) in [6, 6.07) is 12.3. The van der Waals surface area contributed by atoms with Gasteiger partial charge in [-0.15, -0.1) is 0 Å². The zero-order chi connectivity index (χ0) is 15.0. The summed E-state index contributed by atoms with van der Waals surface area (Å²) in [4.78, 5) is 1.98. The van der Waals surface area contributed by atoms with Gasteiger partial charge in [0.05, 0.1) is 0 Å². The van der Waals surface area contributed by atoms with Crippen molar-refractivity contribution < 1.29 is 14.9 Å². The first-order chi connectivity index (χ1) is 9.98. The van der Waals surface area contributed by atoms with Gasteiger partial charge in [-0.25, -0.2) is 0 Å². The Morgan fingerprint density at radius 1 is 1.05 bits per heavy atom. The molecule has 0 bridgehead atoms. The number of hydrogen-bond donors (Lipinski definition) is 2. The fraction of sp³-hybridized carbons (Fsp3) is 0.176. The van der Waals surface area contributed by atoms with Crippen molar-refractivity contribution in [1.29, 1.82) is 0 Å². The number of rotatable bonds is 2. The van der Waals surface area contributed by atoms with Gasteiger partial charge in [0.25, 0.3) is 5.79 Å². The quantitative estimate of drug-likeness (QED) is 0.890. The predicted molar refractivity (Wildman–Crippen MR) is 82.4 cm³/mol. The van der Waals surface area contributed by atoms with Crippen LogP contribution in [0.2, 0.25) is 0 Å². The van der Waals surface area contributed by atoms with Gasteiger partial charge in [0, 0.05) is 37.0 Å². The lowest BCUT2D eigenvalue weighted by Crippen LogP contribution is -2.32. The van der Waals surface area contributed by atoms with E-state index in [-0.39, 0.29) is 5.75 Å². The summed E-state index contributed by atoms with van der Waals surface area (Å²) in [5, 5.41) is 20.2. The van der Waals surface area contributed by atoms with Crippen LogP contribution in [0, 0.1) is 0 Å². The molecular weight excluding hydrogens is 266 g/mol. The van der Waals surface area contributed by atoms with Crippen molar-refractivity contribution in [3.63, 3.8) is 0 Å². The maximum atomic E-state index is 10.7. The molecular formula is C17H17NO3. The summed E-state index contributed by atoms with van der Waals surface area (Å²) in [6.07, 6.45) is 3.40. The first kappa shape index (κ1) is 13.5. The Morgan fingerprint density at radius 3 is 2.43 bits per heavy atom. The van der Waals surface area contributed by atoms with E-state index in [1.54, 1.807) is 24.3 Å². The molecule has 2 aromatic carbocycles. The fourth-order valence-electron chi connectivity index (χ4n) is 2.31. The molecule has 1 aliphatic rings. The summed E-state index contributed by atoms with van der Waals surface area (Å²) >= 11 is 0. The van der Waals surface area contributed by atoms with E-state index in [1.165, 1.54) is 6.07 Å². The molecule has 0 aliphatic carbocycles. The van der Waals surface area contributed by atoms with E-state index in [0.29, 0.717) is 11.3 Å². The molecule has 21 heavy (non-hydrogen) atoms. The molecule has 2 N–H and O–H groups in total. The van der Waals surface area contributed by atoms with Crippen molar-refractivity contribution in [3.8, 4) is 11.5 Å². The van der Waals surface area contributed by atoms with Crippen molar-refractivity contribution in [2.45, 2.75) is 5.79 Å². The van der Waals surface area contributed by atoms with E-state index in [4.69, 9.17) is 4.74 Å². The van der Waals surface area contributed by atoms with Crippen molar-refractivity contribution in [2.75, 3.05) is 19.0 Å². The smallest absolute Gasteiger partial charge is 0.255 e. The number of hydrogen-bond acceptors (Lipinski definition) is 4. The predicted octanol–water partition coefficient (Wildman–Crippen LogP) is 2.71. The minimum atomic E-state index is -1.52. The van der Waals surface area contributed by atoms with E-state index in [0.717, 1.165) is 11.3 Å². The van der Waals surface area contributed by atoms with Crippen LogP contribution in [-0.2, 0) is 5.79 Å². The molecule has 0 radical (unpaired) electrons. The highest BCUT2D eigenvalue weighted by Crippen LogP contribution is 2.37. The van der Waals surface area contributed by atoms with E-state index in [2.05, 4.69) is 0 Å². The lowest BCUT2D eigenvalue weighted by atomic mass is 10.0. The summed E-state index contributed by atoms with van der Waals surface area (Å²) in [5.74, 6) is -0.961. The number of anilines is 1.